The first-order valence-electron chi connectivity index (χ1n) is 12.7. The molecule has 1 aromatic heterocycles. The van der Waals surface area contributed by atoms with Gasteiger partial charge in [0.05, 0.1) is 35.9 Å². The molecule has 0 saturated heterocycles. The predicted molar refractivity (Wildman–Crippen MR) is 128 cm³/mol. The largest absolute Gasteiger partial charge is 0.481 e. The highest BCUT2D eigenvalue weighted by atomic mass is 16.5. The maximum Gasteiger partial charge on any atom is 0.414 e. The van der Waals surface area contributed by atoms with Crippen molar-refractivity contribution in [3.05, 3.63) is 23.5 Å². The van der Waals surface area contributed by atoms with Crippen LogP contribution in [-0.4, -0.2) is 46.0 Å². The second-order valence-electron chi connectivity index (χ2n) is 10.1. The number of carbonyl (C=O) groups excluding carboxylic acids is 1. The number of imidazole rings is 1. The molecule has 8 nitrogen and oxygen atoms in total. The van der Waals surface area contributed by atoms with Crippen LogP contribution in [-0.2, 0) is 27.3 Å². The molecule has 184 valence electrons. The van der Waals surface area contributed by atoms with Crippen molar-refractivity contribution in [2.75, 3.05) is 12.0 Å². The van der Waals surface area contributed by atoms with Crippen molar-refractivity contribution < 1.29 is 24.2 Å². The van der Waals surface area contributed by atoms with Gasteiger partial charge >= 0.3 is 12.1 Å². The molecule has 8 heteroatoms. The van der Waals surface area contributed by atoms with Gasteiger partial charge in [-0.15, -0.1) is 0 Å². The number of aliphatic carboxylic acids is 1. The Balaban J connectivity index is 1.54. The fourth-order valence-electron chi connectivity index (χ4n) is 6.16. The van der Waals surface area contributed by atoms with Crippen molar-refractivity contribution in [1.29, 1.82) is 0 Å². The van der Waals surface area contributed by atoms with Gasteiger partial charge in [-0.05, 0) is 70.4 Å². The van der Waals surface area contributed by atoms with Crippen molar-refractivity contribution in [1.82, 2.24) is 9.55 Å². The topological polar surface area (TPSA) is 93.9 Å². The first kappa shape index (κ1) is 23.1. The number of nitrogens with zero attached hydrogens (tertiary/aromatic N) is 3. The summed E-state index contributed by atoms with van der Waals surface area (Å²) in [6.45, 7) is 2.51. The molecular formula is C26H35N3O5. The Morgan fingerprint density at radius 1 is 1.09 bits per heavy atom. The van der Waals surface area contributed by atoms with E-state index in [0.29, 0.717) is 25.6 Å². The van der Waals surface area contributed by atoms with Crippen LogP contribution in [0, 0.1) is 5.92 Å². The minimum atomic E-state index is -0.690. The minimum Gasteiger partial charge on any atom is -0.481 e. The third-order valence-electron chi connectivity index (χ3n) is 8.06. The Morgan fingerprint density at radius 2 is 1.82 bits per heavy atom. The number of ether oxygens (including phenoxy) is 2. The highest BCUT2D eigenvalue weighted by Gasteiger charge is 2.34. The van der Waals surface area contributed by atoms with Crippen molar-refractivity contribution in [3.63, 3.8) is 0 Å². The Morgan fingerprint density at radius 3 is 2.50 bits per heavy atom. The first-order valence-corrected chi connectivity index (χ1v) is 12.7. The summed E-state index contributed by atoms with van der Waals surface area (Å²) in [5.74, 6) is -0.0331. The van der Waals surface area contributed by atoms with Gasteiger partial charge in [-0.1, -0.05) is 12.8 Å². The second-order valence-corrected chi connectivity index (χ2v) is 10.1. The summed E-state index contributed by atoms with van der Waals surface area (Å²) in [6.07, 6.45) is 9.30. The van der Waals surface area contributed by atoms with Crippen molar-refractivity contribution in [2.45, 2.75) is 95.9 Å². The summed E-state index contributed by atoms with van der Waals surface area (Å²) in [4.78, 5) is 30.9. The lowest BCUT2D eigenvalue weighted by molar-refractivity contribution is -0.143. The number of carbonyl (C=O) groups is 2. The van der Waals surface area contributed by atoms with Crippen molar-refractivity contribution >= 4 is 28.8 Å². The number of carboxylic acids is 1. The molecule has 2 fully saturated rings. The smallest absolute Gasteiger partial charge is 0.414 e. The molecule has 0 radical (unpaired) electrons. The van der Waals surface area contributed by atoms with Crippen LogP contribution in [0.2, 0.25) is 0 Å². The third-order valence-corrected chi connectivity index (χ3v) is 8.06. The van der Waals surface area contributed by atoms with Gasteiger partial charge < -0.3 is 19.1 Å². The summed E-state index contributed by atoms with van der Waals surface area (Å²) < 4.78 is 13.7. The summed E-state index contributed by atoms with van der Waals surface area (Å²) in [5.41, 5.74) is 3.95. The molecule has 1 atom stereocenters. The maximum absolute atomic E-state index is 12.5. The third kappa shape index (κ3) is 4.17. The van der Waals surface area contributed by atoms with Gasteiger partial charge in [-0.3, -0.25) is 9.69 Å². The molecule has 2 aromatic rings. The Labute approximate surface area is 200 Å². The summed E-state index contributed by atoms with van der Waals surface area (Å²) in [7, 11) is 1.42. The van der Waals surface area contributed by atoms with E-state index in [2.05, 4.69) is 10.6 Å². The van der Waals surface area contributed by atoms with Crippen LogP contribution in [0.4, 0.5) is 10.5 Å². The Kier molecular flexibility index (Phi) is 6.51. The number of amides is 1. The molecule has 0 bridgehead atoms. The molecule has 0 spiro atoms. The zero-order valence-electron chi connectivity index (χ0n) is 20.2. The van der Waals surface area contributed by atoms with E-state index in [0.717, 1.165) is 66.6 Å². The van der Waals surface area contributed by atoms with Crippen LogP contribution < -0.4 is 4.90 Å². The van der Waals surface area contributed by atoms with Crippen LogP contribution in [0.1, 0.15) is 82.1 Å². The fraction of sp³-hybridized carbons (Fsp3) is 0.654. The molecule has 2 heterocycles. The normalized spacial score (nSPS) is 25.5. The van der Waals surface area contributed by atoms with Gasteiger partial charge in [-0.2, -0.15) is 0 Å². The lowest BCUT2D eigenvalue weighted by Gasteiger charge is -2.34. The van der Waals surface area contributed by atoms with Crippen LogP contribution in [0.25, 0.3) is 11.0 Å². The highest BCUT2D eigenvalue weighted by molar-refractivity contribution is 5.95. The van der Waals surface area contributed by atoms with Gasteiger partial charge in [0.25, 0.3) is 0 Å². The summed E-state index contributed by atoms with van der Waals surface area (Å²) in [5, 5.41) is 9.45. The standard InChI is InChI=1S/C26H35N3O5/c1-16-7-12-20-21(28(16)26(32)33-2)13-14-22-24(20)27-23(15-34-19-5-3-4-6-19)29(22)18-10-8-17(9-11-18)25(30)31/h13-14,16-19H,3-12,15H2,1-2H3,(H,30,31)/t16-,17?,18?/m0/s1. The second kappa shape index (κ2) is 9.56. The monoisotopic (exact) mass is 469 g/mol. The summed E-state index contributed by atoms with van der Waals surface area (Å²) in [6, 6.07) is 4.36. The number of fused-ring (bicyclic) bond motifs is 3. The minimum absolute atomic E-state index is 0.0657. The molecule has 2 saturated carbocycles. The Hall–Kier alpha value is -2.61. The Bertz CT molecular complexity index is 1070. The number of aryl methyl sites for hydroxylation is 1. The average molecular weight is 470 g/mol. The van der Waals surface area contributed by atoms with E-state index in [1.165, 1.54) is 20.0 Å². The zero-order chi connectivity index (χ0) is 23.8. The van der Waals surface area contributed by atoms with E-state index < -0.39 is 5.97 Å². The maximum atomic E-state index is 12.5. The molecule has 5 rings (SSSR count). The van der Waals surface area contributed by atoms with Gasteiger partial charge in [-0.25, -0.2) is 9.78 Å². The lowest BCUT2D eigenvalue weighted by atomic mass is 9.86. The number of benzene rings is 1. The van der Waals surface area contributed by atoms with Gasteiger partial charge in [0.1, 0.15) is 12.4 Å². The van der Waals surface area contributed by atoms with Crippen molar-refractivity contribution in [2.24, 2.45) is 5.92 Å². The van der Waals surface area contributed by atoms with Crippen molar-refractivity contribution in [3.8, 4) is 0 Å². The molecule has 1 N–H and O–H groups in total. The predicted octanol–water partition coefficient (Wildman–Crippen LogP) is 5.22. The molecule has 2 aliphatic carbocycles. The van der Waals surface area contributed by atoms with E-state index in [4.69, 9.17) is 14.5 Å². The van der Waals surface area contributed by atoms with Gasteiger partial charge in [0, 0.05) is 17.6 Å². The SMILES string of the molecule is COC(=O)N1c2ccc3c(nc(COC4CCCC4)n3C3CCC(C(=O)O)CC3)c2CC[C@@H]1C. The molecule has 1 amide bonds. The molecule has 1 aliphatic heterocycles. The number of hydrogen-bond acceptors (Lipinski definition) is 5. The number of aromatic nitrogens is 2. The van der Waals surface area contributed by atoms with E-state index in [1.54, 1.807) is 4.90 Å². The quantitative estimate of drug-likeness (QED) is 0.645. The number of rotatable bonds is 5. The number of hydrogen-bond donors (Lipinski definition) is 1. The van der Waals surface area contributed by atoms with Gasteiger partial charge in [0.15, 0.2) is 0 Å². The van der Waals surface area contributed by atoms with E-state index in [9.17, 15) is 14.7 Å². The highest BCUT2D eigenvalue weighted by Crippen LogP contribution is 2.40. The zero-order valence-corrected chi connectivity index (χ0v) is 20.2. The first-order chi connectivity index (χ1) is 16.5. The van der Waals surface area contributed by atoms with Gasteiger partial charge in [0.2, 0.25) is 0 Å². The molecule has 1 aromatic carbocycles. The number of methoxy groups -OCH3 is 1. The molecule has 3 aliphatic rings. The van der Waals surface area contributed by atoms with Crippen LogP contribution in [0.5, 0.6) is 0 Å². The average Bonchev–Trinajstić information content (AvgIpc) is 3.49. The lowest BCUT2D eigenvalue weighted by Crippen LogP contribution is -2.42. The van der Waals surface area contributed by atoms with Crippen LogP contribution >= 0.6 is 0 Å². The molecule has 0 unspecified atom stereocenters. The molecular weight excluding hydrogens is 434 g/mol. The van der Waals surface area contributed by atoms with E-state index in [1.807, 2.05) is 13.0 Å². The summed E-state index contributed by atoms with van der Waals surface area (Å²) >= 11 is 0. The van der Waals surface area contributed by atoms with E-state index >= 15 is 0 Å². The molecule has 34 heavy (non-hydrogen) atoms. The number of carboxylic acid groups (broad SMARTS) is 1. The van der Waals surface area contributed by atoms with Crippen LogP contribution in [0.3, 0.4) is 0 Å². The van der Waals surface area contributed by atoms with Crippen LogP contribution in [0.15, 0.2) is 12.1 Å². The fourth-order valence-corrected chi connectivity index (χ4v) is 6.16. The number of anilines is 1. The van der Waals surface area contributed by atoms with E-state index in [-0.39, 0.29) is 24.1 Å².